The Hall–Kier alpha value is -3.85. The summed E-state index contributed by atoms with van der Waals surface area (Å²) in [6.07, 6.45) is 17.7. The number of carbonyl (C=O) groups excluding carboxylic acids is 2. The predicted octanol–water partition coefficient (Wildman–Crippen LogP) is 8.14. The Morgan fingerprint density at radius 2 is 1.55 bits per heavy atom. The lowest BCUT2D eigenvalue weighted by atomic mass is 9.83. The number of nitrogens with zero attached hydrogens (tertiary/aromatic N) is 3. The zero-order valence-electron chi connectivity index (χ0n) is 30.8. The number of rotatable bonds is 7. The summed E-state index contributed by atoms with van der Waals surface area (Å²) < 4.78 is 15.1. The van der Waals surface area contributed by atoms with E-state index in [4.69, 9.17) is 15.2 Å². The average molecular weight is 677 g/mol. The minimum Gasteiger partial charge on any atom is -0.496 e. The molecule has 9 heteroatoms. The maximum Gasteiger partial charge on any atom is 0.409 e. The fourth-order valence-corrected chi connectivity index (χ4v) is 6.99. The van der Waals surface area contributed by atoms with E-state index in [0.29, 0.717) is 6.10 Å². The van der Waals surface area contributed by atoms with Crippen LogP contribution in [0.4, 0.5) is 10.5 Å². The summed E-state index contributed by atoms with van der Waals surface area (Å²) >= 11 is 0. The Labute approximate surface area is 294 Å². The third-order valence-corrected chi connectivity index (χ3v) is 10.0. The van der Waals surface area contributed by atoms with Crippen LogP contribution in [0.2, 0.25) is 0 Å². The van der Waals surface area contributed by atoms with Gasteiger partial charge in [-0.15, -0.1) is 0 Å². The molecule has 0 bridgehead atoms. The van der Waals surface area contributed by atoms with Gasteiger partial charge in [0.1, 0.15) is 5.75 Å². The lowest BCUT2D eigenvalue weighted by Crippen LogP contribution is -2.40. The third-order valence-electron chi connectivity index (χ3n) is 10.0. The van der Waals surface area contributed by atoms with Crippen molar-refractivity contribution in [3.63, 3.8) is 0 Å². The first-order valence-corrected chi connectivity index (χ1v) is 18.0. The molecule has 3 fully saturated rings. The number of aliphatic imine (C=N–C) groups is 1. The van der Waals surface area contributed by atoms with Crippen LogP contribution < -0.4 is 15.4 Å². The van der Waals surface area contributed by atoms with Crippen LogP contribution in [0.25, 0.3) is 5.57 Å². The number of ether oxygens (including phenoxy) is 3. The third kappa shape index (κ3) is 12.2. The number of hydrogen-bond acceptors (Lipinski definition) is 7. The number of nitrogens with two attached hydrogens (primary N) is 1. The zero-order chi connectivity index (χ0) is 35.6. The molecule has 1 heterocycles. The van der Waals surface area contributed by atoms with Crippen LogP contribution in [0.1, 0.15) is 99.7 Å². The summed E-state index contributed by atoms with van der Waals surface area (Å²) in [5, 5.41) is 0. The van der Waals surface area contributed by atoms with Crippen LogP contribution in [0.15, 0.2) is 53.7 Å². The van der Waals surface area contributed by atoms with Gasteiger partial charge in [-0.2, -0.15) is 0 Å². The predicted molar refractivity (Wildman–Crippen MR) is 201 cm³/mol. The molecule has 0 radical (unpaired) electrons. The molecular formula is C40H60N4O5. The molecule has 1 saturated heterocycles. The number of hydrogen-bond donors (Lipinski definition) is 1. The SMILES string of the molecule is CN=C/C(=C\N)c1cccc(N(C)C(=O)C2CCCCC2)c1.COC(=O)N1CCC(OC)CC1.COc1ccc(C2CCCCC2)cc1C. The standard InChI is InChI=1S/C18H25N3O.C14H20O.C8H15NO3/c1-20-13-16(12-19)15-9-6-10-17(11-15)21(2)18(22)14-7-4-3-5-8-14;1-11-10-13(8-9-14(11)15-2)12-6-4-3-5-7-12;1-11-7-3-5-9(6-4-7)8(10)12-2/h6,9-14H,3-5,7-8,19H2,1-2H3;8-10,12H,3-7H2,1-2H3;7H,3-6H2,1-2H3/b16-12+,20-13?;;. The van der Waals surface area contributed by atoms with Gasteiger partial charge in [0.05, 0.1) is 20.3 Å². The molecule has 270 valence electrons. The van der Waals surface area contributed by atoms with Crippen molar-refractivity contribution in [2.24, 2.45) is 16.6 Å². The van der Waals surface area contributed by atoms with Gasteiger partial charge in [0.15, 0.2) is 0 Å². The first-order valence-electron chi connectivity index (χ1n) is 18.0. The molecule has 2 aliphatic carbocycles. The van der Waals surface area contributed by atoms with E-state index in [-0.39, 0.29) is 17.9 Å². The van der Waals surface area contributed by atoms with E-state index in [9.17, 15) is 9.59 Å². The van der Waals surface area contributed by atoms with E-state index in [0.717, 1.165) is 80.1 Å². The van der Waals surface area contributed by atoms with Crippen molar-refractivity contribution in [1.29, 1.82) is 0 Å². The number of amides is 2. The fraction of sp³-hybridized carbons (Fsp3) is 0.575. The summed E-state index contributed by atoms with van der Waals surface area (Å²) in [6, 6.07) is 14.5. The van der Waals surface area contributed by atoms with Crippen LogP contribution in [-0.4, -0.2) is 77.7 Å². The summed E-state index contributed by atoms with van der Waals surface area (Å²) in [7, 11) is 8.42. The Bertz CT molecular complexity index is 1360. The highest BCUT2D eigenvalue weighted by Crippen LogP contribution is 2.34. The lowest BCUT2D eigenvalue weighted by molar-refractivity contribution is -0.123. The number of likely N-dealkylation sites (tertiary alicyclic amines) is 1. The second-order valence-electron chi connectivity index (χ2n) is 13.2. The molecule has 49 heavy (non-hydrogen) atoms. The summed E-state index contributed by atoms with van der Waals surface area (Å²) in [4.78, 5) is 31.2. The highest BCUT2D eigenvalue weighted by atomic mass is 16.5. The van der Waals surface area contributed by atoms with E-state index < -0.39 is 0 Å². The van der Waals surface area contributed by atoms with Crippen LogP contribution in [0, 0.1) is 12.8 Å². The van der Waals surface area contributed by atoms with Crippen molar-refractivity contribution in [2.45, 2.75) is 96.0 Å². The Balaban J connectivity index is 0.000000210. The molecule has 2 aromatic carbocycles. The van der Waals surface area contributed by atoms with E-state index in [1.54, 1.807) is 37.3 Å². The zero-order valence-corrected chi connectivity index (χ0v) is 30.8. The Morgan fingerprint density at radius 1 is 0.898 bits per heavy atom. The molecule has 0 aromatic heterocycles. The molecule has 9 nitrogen and oxygen atoms in total. The van der Waals surface area contributed by atoms with Crippen LogP contribution >= 0.6 is 0 Å². The maximum atomic E-state index is 12.6. The van der Waals surface area contributed by atoms with Crippen molar-refractivity contribution < 1.29 is 23.8 Å². The van der Waals surface area contributed by atoms with Crippen molar-refractivity contribution >= 4 is 29.5 Å². The minimum atomic E-state index is -0.232. The average Bonchev–Trinajstić information content (AvgIpc) is 3.17. The van der Waals surface area contributed by atoms with Crippen LogP contribution in [0.5, 0.6) is 5.75 Å². The fourth-order valence-electron chi connectivity index (χ4n) is 6.99. The number of carbonyl (C=O) groups is 2. The number of piperidine rings is 1. The van der Waals surface area contributed by atoms with Crippen molar-refractivity contribution in [3.05, 3.63) is 65.4 Å². The topological polar surface area (TPSA) is 107 Å². The van der Waals surface area contributed by atoms with E-state index >= 15 is 0 Å². The number of methoxy groups -OCH3 is 3. The van der Waals surface area contributed by atoms with E-state index in [1.165, 1.54) is 63.0 Å². The highest BCUT2D eigenvalue weighted by molar-refractivity contribution is 6.10. The number of benzene rings is 2. The van der Waals surface area contributed by atoms with Gasteiger partial charge in [-0.3, -0.25) is 9.79 Å². The lowest BCUT2D eigenvalue weighted by Gasteiger charge is -2.29. The molecule has 0 unspecified atom stereocenters. The molecule has 2 aromatic rings. The molecule has 2 N–H and O–H groups in total. The minimum absolute atomic E-state index is 0.170. The Kier molecular flexibility index (Phi) is 17.2. The molecule has 2 saturated carbocycles. The molecule has 5 rings (SSSR count). The number of aryl methyl sites for hydroxylation is 1. The van der Waals surface area contributed by atoms with Gasteiger partial charge in [-0.25, -0.2) is 4.79 Å². The highest BCUT2D eigenvalue weighted by Gasteiger charge is 2.25. The smallest absolute Gasteiger partial charge is 0.409 e. The molecule has 1 aliphatic heterocycles. The van der Waals surface area contributed by atoms with Gasteiger partial charge < -0.3 is 29.7 Å². The molecule has 3 aliphatic rings. The van der Waals surface area contributed by atoms with Gasteiger partial charge in [-0.05, 0) is 86.3 Å². The normalized spacial score (nSPS) is 17.8. The maximum absolute atomic E-state index is 12.6. The molecular weight excluding hydrogens is 616 g/mol. The quantitative estimate of drug-likeness (QED) is 0.297. The monoisotopic (exact) mass is 676 g/mol. The van der Waals surface area contributed by atoms with Crippen molar-refractivity contribution in [2.75, 3.05) is 53.4 Å². The summed E-state index contributed by atoms with van der Waals surface area (Å²) in [5.74, 6) is 2.20. The van der Waals surface area contributed by atoms with Crippen molar-refractivity contribution in [3.8, 4) is 5.75 Å². The molecule has 0 atom stereocenters. The number of allylic oxidation sites excluding steroid dienone is 1. The molecule has 0 spiro atoms. The van der Waals surface area contributed by atoms with E-state index in [2.05, 4.69) is 34.9 Å². The first kappa shape index (κ1) is 39.6. The van der Waals surface area contributed by atoms with Crippen molar-refractivity contribution in [1.82, 2.24) is 4.90 Å². The van der Waals surface area contributed by atoms with Gasteiger partial charge in [0.2, 0.25) is 5.91 Å². The van der Waals surface area contributed by atoms with Gasteiger partial charge in [0.25, 0.3) is 0 Å². The molecule has 2 amide bonds. The van der Waals surface area contributed by atoms with E-state index in [1.807, 2.05) is 31.3 Å². The second-order valence-corrected chi connectivity index (χ2v) is 13.2. The second kappa shape index (κ2) is 21.3. The number of anilines is 1. The summed E-state index contributed by atoms with van der Waals surface area (Å²) in [5.41, 5.74) is 11.1. The Morgan fingerprint density at radius 3 is 2.10 bits per heavy atom. The first-order chi connectivity index (χ1) is 23.8. The van der Waals surface area contributed by atoms with Crippen LogP contribution in [0.3, 0.4) is 0 Å². The summed E-state index contributed by atoms with van der Waals surface area (Å²) in [6.45, 7) is 3.61. The van der Waals surface area contributed by atoms with Gasteiger partial charge in [0, 0.05) is 63.9 Å². The van der Waals surface area contributed by atoms with Gasteiger partial charge >= 0.3 is 6.09 Å². The van der Waals surface area contributed by atoms with Crippen LogP contribution in [-0.2, 0) is 14.3 Å². The van der Waals surface area contributed by atoms with Gasteiger partial charge in [-0.1, -0.05) is 62.8 Å². The largest absolute Gasteiger partial charge is 0.496 e.